The molecule has 1 fully saturated rings. The third kappa shape index (κ3) is 3.55. The molecular formula is C23H23ClO2S. The number of aromatic hydroxyl groups is 1. The summed E-state index contributed by atoms with van der Waals surface area (Å²) in [6, 6.07) is 9.99. The van der Waals surface area contributed by atoms with E-state index in [0.717, 1.165) is 25.7 Å². The summed E-state index contributed by atoms with van der Waals surface area (Å²) < 4.78 is 0. The fourth-order valence-electron chi connectivity index (χ4n) is 5.03. The van der Waals surface area contributed by atoms with Crippen LogP contribution in [-0.2, 0) is 11.8 Å². The molecule has 140 valence electrons. The molecule has 27 heavy (non-hydrogen) atoms. The van der Waals surface area contributed by atoms with E-state index < -0.39 is 5.60 Å². The molecule has 0 spiro atoms. The van der Waals surface area contributed by atoms with Crippen molar-refractivity contribution in [2.45, 2.75) is 49.5 Å². The van der Waals surface area contributed by atoms with Crippen molar-refractivity contribution in [3.63, 3.8) is 0 Å². The second-order valence-corrected chi connectivity index (χ2v) is 8.98. The van der Waals surface area contributed by atoms with Crippen molar-refractivity contribution in [3.05, 3.63) is 57.8 Å². The van der Waals surface area contributed by atoms with Gasteiger partial charge in [-0.25, -0.2) is 0 Å². The van der Waals surface area contributed by atoms with Crippen LogP contribution >= 0.6 is 22.9 Å². The van der Waals surface area contributed by atoms with Crippen molar-refractivity contribution < 1.29 is 10.2 Å². The first-order chi connectivity index (χ1) is 13.0. The Kier molecular flexibility index (Phi) is 5.07. The maximum absolute atomic E-state index is 10.9. The Labute approximate surface area is 169 Å². The summed E-state index contributed by atoms with van der Waals surface area (Å²) in [5.41, 5.74) is 1.56. The lowest BCUT2D eigenvalue weighted by Gasteiger charge is -2.52. The van der Waals surface area contributed by atoms with Crippen molar-refractivity contribution in [1.82, 2.24) is 0 Å². The number of aryl methyl sites for hydroxylation is 1. The van der Waals surface area contributed by atoms with Crippen molar-refractivity contribution in [2.24, 2.45) is 5.92 Å². The van der Waals surface area contributed by atoms with E-state index in [2.05, 4.69) is 47.0 Å². The van der Waals surface area contributed by atoms with Gasteiger partial charge < -0.3 is 10.2 Å². The molecule has 1 aromatic heterocycles. The van der Waals surface area contributed by atoms with Gasteiger partial charge >= 0.3 is 0 Å². The molecule has 1 aromatic carbocycles. The molecule has 1 heterocycles. The number of thiophene rings is 1. The fourth-order valence-corrected chi connectivity index (χ4v) is 5.85. The molecule has 2 N–H and O–H groups in total. The summed E-state index contributed by atoms with van der Waals surface area (Å²) in [5.74, 6) is 3.51. The van der Waals surface area contributed by atoms with Gasteiger partial charge in [0.15, 0.2) is 0 Å². The molecule has 2 aliphatic carbocycles. The summed E-state index contributed by atoms with van der Waals surface area (Å²) in [6.07, 6.45) is 9.47. The normalized spacial score (nSPS) is 29.6. The number of phenols is 1. The van der Waals surface area contributed by atoms with Crippen LogP contribution in [0.25, 0.3) is 6.08 Å². The fraction of sp³-hybridized carbons (Fsp3) is 0.391. The van der Waals surface area contributed by atoms with E-state index in [0.29, 0.717) is 24.5 Å². The van der Waals surface area contributed by atoms with Crippen LogP contribution in [0.4, 0.5) is 0 Å². The minimum atomic E-state index is -0.984. The van der Waals surface area contributed by atoms with Crippen LogP contribution in [0, 0.1) is 17.2 Å². The van der Waals surface area contributed by atoms with E-state index in [-0.39, 0.29) is 5.41 Å². The molecule has 3 atom stereocenters. The molecule has 2 nitrogen and oxygen atoms in total. The third-order valence-electron chi connectivity index (χ3n) is 6.32. The summed E-state index contributed by atoms with van der Waals surface area (Å²) in [6.45, 7) is 0. The predicted molar refractivity (Wildman–Crippen MR) is 112 cm³/mol. The standard InChI is InChI=1S/C23H23ClO2S/c24-13-12-22(26)10-11-23(9-1-3-20-4-2-14-27-20)18(16-22)6-5-17-15-19(25)7-8-21(17)23/h1-4,7-8,14-15,18,25-26H,5-6,9-11,16H2/t18?,22?,23-/m1/s1. The van der Waals surface area contributed by atoms with Crippen LogP contribution < -0.4 is 0 Å². The molecule has 4 rings (SSSR count). The van der Waals surface area contributed by atoms with Crippen molar-refractivity contribution in [1.29, 1.82) is 0 Å². The first-order valence-electron chi connectivity index (χ1n) is 9.42. The summed E-state index contributed by atoms with van der Waals surface area (Å²) in [7, 11) is 0. The first kappa shape index (κ1) is 18.6. The van der Waals surface area contributed by atoms with Gasteiger partial charge in [-0.1, -0.05) is 24.1 Å². The second kappa shape index (κ2) is 7.36. The third-order valence-corrected chi connectivity index (χ3v) is 7.26. The van der Waals surface area contributed by atoms with Crippen molar-refractivity contribution in [2.75, 3.05) is 0 Å². The number of halogens is 1. The van der Waals surface area contributed by atoms with Crippen LogP contribution in [0.5, 0.6) is 5.75 Å². The van der Waals surface area contributed by atoms with Gasteiger partial charge in [-0.05, 0) is 96.8 Å². The highest BCUT2D eigenvalue weighted by Gasteiger charge is 2.50. The van der Waals surface area contributed by atoms with Gasteiger partial charge in [0.05, 0.1) is 0 Å². The van der Waals surface area contributed by atoms with Gasteiger partial charge in [-0.2, -0.15) is 0 Å². The molecule has 0 aliphatic heterocycles. The Morgan fingerprint density at radius 1 is 1.30 bits per heavy atom. The summed E-state index contributed by atoms with van der Waals surface area (Å²) in [4.78, 5) is 1.25. The molecule has 2 unspecified atom stereocenters. The smallest absolute Gasteiger partial charge is 0.127 e. The maximum Gasteiger partial charge on any atom is 0.127 e. The molecule has 2 aliphatic rings. The molecule has 1 saturated carbocycles. The number of rotatable bonds is 3. The van der Waals surface area contributed by atoms with Crippen LogP contribution in [-0.4, -0.2) is 15.8 Å². The minimum absolute atomic E-state index is 0.0186. The molecule has 0 amide bonds. The largest absolute Gasteiger partial charge is 0.508 e. The van der Waals surface area contributed by atoms with Gasteiger partial charge in [-0.15, -0.1) is 11.3 Å². The number of phenolic OH excluding ortho intramolecular Hbond substituents is 1. The average molecular weight is 399 g/mol. The van der Waals surface area contributed by atoms with Gasteiger partial charge in [0.1, 0.15) is 11.4 Å². The number of fused-ring (bicyclic) bond motifs is 3. The highest BCUT2D eigenvalue weighted by molar-refractivity contribution is 7.10. The summed E-state index contributed by atoms with van der Waals surface area (Å²) in [5, 5.41) is 25.3. The van der Waals surface area contributed by atoms with Crippen molar-refractivity contribution >= 4 is 29.0 Å². The zero-order chi connectivity index (χ0) is 18.9. The highest BCUT2D eigenvalue weighted by atomic mass is 35.5. The molecule has 0 saturated heterocycles. The van der Waals surface area contributed by atoms with Crippen LogP contribution in [0.2, 0.25) is 0 Å². The van der Waals surface area contributed by atoms with Crippen LogP contribution in [0.15, 0.2) is 41.8 Å². The Bertz CT molecular complexity index is 908. The average Bonchev–Trinajstić information content (AvgIpc) is 3.15. The van der Waals surface area contributed by atoms with E-state index in [1.807, 2.05) is 6.07 Å². The number of aliphatic hydroxyl groups is 1. The second-order valence-electron chi connectivity index (χ2n) is 7.81. The number of hydrogen-bond donors (Lipinski definition) is 2. The quantitative estimate of drug-likeness (QED) is 0.673. The lowest BCUT2D eigenvalue weighted by Crippen LogP contribution is -2.49. The van der Waals surface area contributed by atoms with E-state index >= 15 is 0 Å². The first-order valence-corrected chi connectivity index (χ1v) is 10.7. The zero-order valence-electron chi connectivity index (χ0n) is 15.1. The minimum Gasteiger partial charge on any atom is -0.508 e. The monoisotopic (exact) mass is 398 g/mol. The number of allylic oxidation sites excluding steroid dienone is 1. The predicted octanol–water partition coefficient (Wildman–Crippen LogP) is 5.47. The van der Waals surface area contributed by atoms with Crippen LogP contribution in [0.1, 0.15) is 48.1 Å². The Balaban J connectivity index is 1.71. The van der Waals surface area contributed by atoms with E-state index in [4.69, 9.17) is 11.6 Å². The molecule has 0 radical (unpaired) electrons. The summed E-state index contributed by atoms with van der Waals surface area (Å²) >= 11 is 7.35. The zero-order valence-corrected chi connectivity index (χ0v) is 16.7. The Morgan fingerprint density at radius 3 is 2.96 bits per heavy atom. The Hall–Kier alpha value is -1.73. The van der Waals surface area contributed by atoms with Gasteiger partial charge in [-0.3, -0.25) is 0 Å². The highest BCUT2D eigenvalue weighted by Crippen LogP contribution is 2.55. The number of hydrogen-bond acceptors (Lipinski definition) is 3. The van der Waals surface area contributed by atoms with E-state index in [1.165, 1.54) is 16.0 Å². The lowest BCUT2D eigenvalue weighted by molar-refractivity contribution is -0.00710. The maximum atomic E-state index is 10.9. The molecule has 2 aromatic rings. The van der Waals surface area contributed by atoms with Gasteiger partial charge in [0.2, 0.25) is 0 Å². The lowest BCUT2D eigenvalue weighted by atomic mass is 9.53. The molecule has 0 bridgehead atoms. The van der Waals surface area contributed by atoms with Crippen LogP contribution in [0.3, 0.4) is 0 Å². The van der Waals surface area contributed by atoms with Crippen molar-refractivity contribution in [3.8, 4) is 17.0 Å². The van der Waals surface area contributed by atoms with E-state index in [9.17, 15) is 10.2 Å². The van der Waals surface area contributed by atoms with Gasteiger partial charge in [0, 0.05) is 15.7 Å². The topological polar surface area (TPSA) is 40.5 Å². The Morgan fingerprint density at radius 2 is 2.19 bits per heavy atom. The van der Waals surface area contributed by atoms with Gasteiger partial charge in [0.25, 0.3) is 0 Å². The van der Waals surface area contributed by atoms with E-state index in [1.54, 1.807) is 17.4 Å². The number of benzene rings is 1. The molecule has 4 heteroatoms. The molecular weight excluding hydrogens is 376 g/mol. The SMILES string of the molecule is Oc1ccc2c(c1)CCC1CC(O)(C#CCl)CC[C@@]21CC=Cc1cccs1.